The third-order valence-corrected chi connectivity index (χ3v) is 3.37. The predicted molar refractivity (Wildman–Crippen MR) is 76.1 cm³/mol. The maximum absolute atomic E-state index is 4.52. The molecule has 0 N–H and O–H groups in total. The highest BCUT2D eigenvalue weighted by atomic mass is 79.9. The van der Waals surface area contributed by atoms with Crippen LogP contribution in [-0.2, 0) is 5.33 Å². The molecule has 0 aliphatic carbocycles. The van der Waals surface area contributed by atoms with E-state index in [0.29, 0.717) is 0 Å². The van der Waals surface area contributed by atoms with Gasteiger partial charge in [0.05, 0.1) is 0 Å². The number of hydrogen-bond donors (Lipinski definition) is 0. The van der Waals surface area contributed by atoms with Crippen molar-refractivity contribution >= 4 is 27.4 Å². The zero-order chi connectivity index (χ0) is 12.3. The van der Waals surface area contributed by atoms with Crippen LogP contribution < -0.4 is 4.90 Å². The van der Waals surface area contributed by atoms with Gasteiger partial charge in [-0.05, 0) is 30.2 Å². The molecule has 0 aliphatic rings. The fraction of sp³-hybridized carbons (Fsp3) is 0.214. The normalized spacial score (nSPS) is 10.3. The van der Waals surface area contributed by atoms with Gasteiger partial charge >= 0.3 is 0 Å². The Morgan fingerprint density at radius 2 is 1.94 bits per heavy atom. The number of nitrogens with zero attached hydrogens (tertiary/aromatic N) is 2. The molecular weight excluding hydrogens is 276 g/mol. The van der Waals surface area contributed by atoms with Crippen LogP contribution in [0.1, 0.15) is 11.1 Å². The lowest BCUT2D eigenvalue weighted by atomic mass is 10.2. The average Bonchev–Trinajstić information content (AvgIpc) is 2.39. The van der Waals surface area contributed by atoms with E-state index in [9.17, 15) is 0 Å². The zero-order valence-electron chi connectivity index (χ0n) is 10.0. The monoisotopic (exact) mass is 290 g/mol. The number of anilines is 2. The van der Waals surface area contributed by atoms with Gasteiger partial charge in [0.15, 0.2) is 0 Å². The molecule has 2 aromatic rings. The second-order valence-electron chi connectivity index (χ2n) is 4.01. The molecule has 17 heavy (non-hydrogen) atoms. The van der Waals surface area contributed by atoms with Crippen LogP contribution in [0.5, 0.6) is 0 Å². The number of hydrogen-bond acceptors (Lipinski definition) is 2. The molecule has 0 spiro atoms. The minimum atomic E-state index is 0.843. The molecule has 0 aliphatic heterocycles. The molecule has 0 atom stereocenters. The molecule has 0 saturated heterocycles. The predicted octanol–water partition coefficient (Wildman–Crippen LogP) is 4.05. The minimum absolute atomic E-state index is 0.843. The van der Waals surface area contributed by atoms with Gasteiger partial charge in [0, 0.05) is 24.3 Å². The van der Waals surface area contributed by atoms with Crippen LogP contribution in [0.3, 0.4) is 0 Å². The largest absolute Gasteiger partial charge is 0.329 e. The second-order valence-corrected chi connectivity index (χ2v) is 4.57. The Bertz CT molecular complexity index is 497. The number of aryl methyl sites for hydroxylation is 1. The first kappa shape index (κ1) is 12.1. The van der Waals surface area contributed by atoms with Crippen LogP contribution in [0.15, 0.2) is 42.6 Å². The van der Waals surface area contributed by atoms with Crippen LogP contribution in [0.2, 0.25) is 0 Å². The van der Waals surface area contributed by atoms with Gasteiger partial charge in [-0.3, -0.25) is 0 Å². The molecule has 1 aromatic carbocycles. The summed E-state index contributed by atoms with van der Waals surface area (Å²) < 4.78 is 0. The summed E-state index contributed by atoms with van der Waals surface area (Å²) >= 11 is 3.44. The number of pyridine rings is 1. The SMILES string of the molecule is Cc1cc(CBr)cnc1N(C)c1ccccc1. The Kier molecular flexibility index (Phi) is 3.79. The fourth-order valence-corrected chi connectivity index (χ4v) is 2.13. The quantitative estimate of drug-likeness (QED) is 0.793. The average molecular weight is 291 g/mol. The van der Waals surface area contributed by atoms with E-state index in [2.05, 4.69) is 50.9 Å². The Morgan fingerprint density at radius 3 is 2.53 bits per heavy atom. The summed E-state index contributed by atoms with van der Waals surface area (Å²) in [6.45, 7) is 2.09. The van der Waals surface area contributed by atoms with Gasteiger partial charge in [0.2, 0.25) is 0 Å². The summed E-state index contributed by atoms with van der Waals surface area (Å²) in [4.78, 5) is 6.63. The van der Waals surface area contributed by atoms with E-state index in [-0.39, 0.29) is 0 Å². The van der Waals surface area contributed by atoms with E-state index in [1.807, 2.05) is 31.4 Å². The van der Waals surface area contributed by atoms with E-state index in [0.717, 1.165) is 16.8 Å². The fourth-order valence-electron chi connectivity index (χ4n) is 1.82. The van der Waals surface area contributed by atoms with E-state index >= 15 is 0 Å². The van der Waals surface area contributed by atoms with Crippen molar-refractivity contribution in [1.29, 1.82) is 0 Å². The molecule has 3 heteroatoms. The maximum atomic E-state index is 4.52. The first-order valence-corrected chi connectivity index (χ1v) is 6.65. The van der Waals surface area contributed by atoms with Crippen LogP contribution in [-0.4, -0.2) is 12.0 Å². The number of rotatable bonds is 3. The third-order valence-electron chi connectivity index (χ3n) is 2.72. The first-order valence-electron chi connectivity index (χ1n) is 5.52. The first-order chi connectivity index (χ1) is 8.22. The Hall–Kier alpha value is -1.35. The molecule has 0 unspecified atom stereocenters. The van der Waals surface area contributed by atoms with Crippen molar-refractivity contribution in [2.45, 2.75) is 12.3 Å². The van der Waals surface area contributed by atoms with Gasteiger partial charge < -0.3 is 4.90 Å². The van der Waals surface area contributed by atoms with E-state index in [4.69, 9.17) is 0 Å². The highest BCUT2D eigenvalue weighted by Gasteiger charge is 2.08. The molecule has 0 saturated carbocycles. The van der Waals surface area contributed by atoms with Crippen LogP contribution in [0.25, 0.3) is 0 Å². The summed E-state index contributed by atoms with van der Waals surface area (Å²) in [5.74, 6) is 1.00. The molecule has 0 fully saturated rings. The molecule has 2 nitrogen and oxygen atoms in total. The topological polar surface area (TPSA) is 16.1 Å². The summed E-state index contributed by atoms with van der Waals surface area (Å²) in [6.07, 6.45) is 1.91. The Morgan fingerprint density at radius 1 is 1.24 bits per heavy atom. The molecular formula is C14H15BrN2. The van der Waals surface area contributed by atoms with Crippen LogP contribution in [0.4, 0.5) is 11.5 Å². The minimum Gasteiger partial charge on any atom is -0.329 e. The Labute approximate surface area is 110 Å². The van der Waals surface area contributed by atoms with Gasteiger partial charge in [0.25, 0.3) is 0 Å². The van der Waals surface area contributed by atoms with Crippen molar-refractivity contribution < 1.29 is 0 Å². The molecule has 0 radical (unpaired) electrons. The molecule has 0 amide bonds. The number of alkyl halides is 1. The number of halogens is 1. The van der Waals surface area contributed by atoms with E-state index < -0.39 is 0 Å². The van der Waals surface area contributed by atoms with Crippen molar-refractivity contribution in [2.75, 3.05) is 11.9 Å². The second kappa shape index (κ2) is 5.32. The molecule has 1 aromatic heterocycles. The van der Waals surface area contributed by atoms with Gasteiger partial charge in [0.1, 0.15) is 5.82 Å². The van der Waals surface area contributed by atoms with Crippen molar-refractivity contribution in [3.8, 4) is 0 Å². The number of para-hydroxylation sites is 1. The van der Waals surface area contributed by atoms with Crippen molar-refractivity contribution in [3.63, 3.8) is 0 Å². The summed E-state index contributed by atoms with van der Waals surface area (Å²) in [5, 5.41) is 0.843. The highest BCUT2D eigenvalue weighted by molar-refractivity contribution is 9.08. The molecule has 1 heterocycles. The van der Waals surface area contributed by atoms with Crippen LogP contribution in [0, 0.1) is 6.92 Å². The van der Waals surface area contributed by atoms with Crippen molar-refractivity contribution in [1.82, 2.24) is 4.98 Å². The summed E-state index contributed by atoms with van der Waals surface area (Å²) in [6, 6.07) is 12.4. The standard InChI is InChI=1S/C14H15BrN2/c1-11-8-12(9-15)10-16-14(11)17(2)13-6-4-3-5-7-13/h3-8,10H,9H2,1-2H3. The zero-order valence-corrected chi connectivity index (χ0v) is 11.6. The summed E-state index contributed by atoms with van der Waals surface area (Å²) in [5.41, 5.74) is 3.54. The summed E-state index contributed by atoms with van der Waals surface area (Å²) in [7, 11) is 2.04. The highest BCUT2D eigenvalue weighted by Crippen LogP contribution is 2.25. The van der Waals surface area contributed by atoms with Crippen molar-refractivity contribution in [3.05, 3.63) is 53.7 Å². The van der Waals surface area contributed by atoms with Gasteiger partial charge in [-0.2, -0.15) is 0 Å². The smallest absolute Gasteiger partial charge is 0.135 e. The van der Waals surface area contributed by atoms with E-state index in [1.165, 1.54) is 11.1 Å². The van der Waals surface area contributed by atoms with Gasteiger partial charge in [-0.15, -0.1) is 0 Å². The van der Waals surface area contributed by atoms with Crippen LogP contribution >= 0.6 is 15.9 Å². The van der Waals surface area contributed by atoms with E-state index in [1.54, 1.807) is 0 Å². The third kappa shape index (κ3) is 2.67. The van der Waals surface area contributed by atoms with Gasteiger partial charge in [-0.25, -0.2) is 4.98 Å². The molecule has 88 valence electrons. The van der Waals surface area contributed by atoms with Crippen molar-refractivity contribution in [2.24, 2.45) is 0 Å². The lowest BCUT2D eigenvalue weighted by Crippen LogP contribution is -2.12. The molecule has 2 rings (SSSR count). The lowest BCUT2D eigenvalue weighted by molar-refractivity contribution is 1.09. The van der Waals surface area contributed by atoms with Gasteiger partial charge in [-0.1, -0.05) is 40.2 Å². The maximum Gasteiger partial charge on any atom is 0.135 e. The molecule has 0 bridgehead atoms. The lowest BCUT2D eigenvalue weighted by Gasteiger charge is -2.20. The number of aromatic nitrogens is 1. The Balaban J connectivity index is 2.34. The number of benzene rings is 1.